The van der Waals surface area contributed by atoms with Gasteiger partial charge in [-0.15, -0.1) is 0 Å². The van der Waals surface area contributed by atoms with E-state index in [0.717, 1.165) is 12.1 Å². The quantitative estimate of drug-likeness (QED) is 0.438. The molecule has 0 saturated carbocycles. The van der Waals surface area contributed by atoms with Gasteiger partial charge in [-0.05, 0) is 6.07 Å². The van der Waals surface area contributed by atoms with E-state index < -0.39 is 0 Å². The molecule has 18 heavy (non-hydrogen) atoms. The second-order valence-corrected chi connectivity index (χ2v) is 3.93. The van der Waals surface area contributed by atoms with Gasteiger partial charge in [0.05, 0.1) is 11.7 Å². The minimum Gasteiger partial charge on any atom is -1.00 e. The van der Waals surface area contributed by atoms with E-state index in [2.05, 4.69) is 33.2 Å². The van der Waals surface area contributed by atoms with Crippen molar-refractivity contribution in [1.82, 2.24) is 10.2 Å². The normalized spacial score (nSPS) is 10.0. The second-order valence-electron chi connectivity index (χ2n) is 3.93. The maximum absolute atomic E-state index is 4.12. The summed E-state index contributed by atoms with van der Waals surface area (Å²) in [4.78, 5) is 0. The summed E-state index contributed by atoms with van der Waals surface area (Å²) in [6.45, 7) is 0.816. The first-order valence-electron chi connectivity index (χ1n) is 5.57. The zero-order valence-electron chi connectivity index (χ0n) is 9.70. The van der Waals surface area contributed by atoms with Crippen LogP contribution in [0, 0.1) is 0 Å². The van der Waals surface area contributed by atoms with Crippen molar-refractivity contribution in [3.8, 4) is 0 Å². The smallest absolute Gasteiger partial charge is 0.176 e. The molecule has 0 bridgehead atoms. The lowest BCUT2D eigenvalue weighted by Gasteiger charge is -2.01. The molecule has 3 rings (SSSR count). The number of nitrogens with zero attached hydrogens (tertiary/aromatic N) is 3. The molecule has 2 aromatic heterocycles. The molecule has 0 radical (unpaired) electrons. The van der Waals surface area contributed by atoms with Crippen molar-refractivity contribution < 1.29 is 28.5 Å². The summed E-state index contributed by atoms with van der Waals surface area (Å²) in [5.41, 5.74) is 2.13. The SMILES string of the molecule is [I-].c1cc[n+](Cc2cnnc3ccccc23)cc1. The molecule has 0 fully saturated rings. The Morgan fingerprint density at radius 3 is 2.56 bits per heavy atom. The van der Waals surface area contributed by atoms with E-state index in [1.165, 1.54) is 10.9 Å². The molecule has 0 spiro atoms. The summed E-state index contributed by atoms with van der Waals surface area (Å²) >= 11 is 0. The molecule has 90 valence electrons. The molecule has 0 aliphatic carbocycles. The predicted octanol–water partition coefficient (Wildman–Crippen LogP) is -1.03. The molecule has 0 amide bonds. The minimum absolute atomic E-state index is 0. The monoisotopic (exact) mass is 349 g/mol. The van der Waals surface area contributed by atoms with E-state index in [1.54, 1.807) is 0 Å². The maximum Gasteiger partial charge on any atom is 0.176 e. The van der Waals surface area contributed by atoms with Crippen molar-refractivity contribution in [2.75, 3.05) is 0 Å². The summed E-state index contributed by atoms with van der Waals surface area (Å²) < 4.78 is 2.13. The Morgan fingerprint density at radius 1 is 0.944 bits per heavy atom. The van der Waals surface area contributed by atoms with Crippen molar-refractivity contribution in [2.24, 2.45) is 0 Å². The molecule has 0 unspecified atom stereocenters. The van der Waals surface area contributed by atoms with Crippen LogP contribution in [0.1, 0.15) is 5.56 Å². The zero-order chi connectivity index (χ0) is 11.5. The molecule has 3 aromatic rings. The van der Waals surface area contributed by atoms with Crippen LogP contribution >= 0.6 is 0 Å². The molecular formula is C14H12IN3. The second kappa shape index (κ2) is 5.86. The standard InChI is InChI=1S/C14H12N3.HI/c1-4-8-17(9-5-1)11-12-10-15-16-14-7-3-2-6-13(12)14;/h1-10H,11H2;1H/q+1;/p-1. The highest BCUT2D eigenvalue weighted by molar-refractivity contribution is 5.80. The molecule has 3 nitrogen and oxygen atoms in total. The summed E-state index contributed by atoms with van der Waals surface area (Å²) in [7, 11) is 0. The third-order valence-electron chi connectivity index (χ3n) is 2.76. The Kier molecular flexibility index (Phi) is 4.19. The number of halogens is 1. The average molecular weight is 349 g/mol. The molecule has 0 saturated heterocycles. The highest BCUT2D eigenvalue weighted by Gasteiger charge is 2.06. The van der Waals surface area contributed by atoms with E-state index in [-0.39, 0.29) is 24.0 Å². The largest absolute Gasteiger partial charge is 1.00 e. The number of pyridine rings is 1. The van der Waals surface area contributed by atoms with Gasteiger partial charge in [-0.1, -0.05) is 24.3 Å². The number of aromatic nitrogens is 3. The lowest BCUT2D eigenvalue weighted by molar-refractivity contribution is -0.688. The molecule has 0 N–H and O–H groups in total. The fourth-order valence-electron chi connectivity index (χ4n) is 1.93. The van der Waals surface area contributed by atoms with Crippen molar-refractivity contribution in [3.63, 3.8) is 0 Å². The van der Waals surface area contributed by atoms with Crippen LogP contribution < -0.4 is 28.5 Å². The van der Waals surface area contributed by atoms with E-state index in [0.29, 0.717) is 0 Å². The van der Waals surface area contributed by atoms with Crippen molar-refractivity contribution in [1.29, 1.82) is 0 Å². The zero-order valence-corrected chi connectivity index (χ0v) is 11.9. The van der Waals surface area contributed by atoms with Gasteiger partial charge in [0.2, 0.25) is 0 Å². The summed E-state index contributed by atoms with van der Waals surface area (Å²) in [6, 6.07) is 14.1. The Hall–Kier alpha value is -1.56. The van der Waals surface area contributed by atoms with Gasteiger partial charge in [0, 0.05) is 23.1 Å². The van der Waals surface area contributed by atoms with E-state index >= 15 is 0 Å². The lowest BCUT2D eigenvalue weighted by atomic mass is 10.1. The fraction of sp³-hybridized carbons (Fsp3) is 0.0714. The van der Waals surface area contributed by atoms with Gasteiger partial charge in [0.1, 0.15) is 0 Å². The van der Waals surface area contributed by atoms with Crippen molar-refractivity contribution in [3.05, 3.63) is 66.6 Å². The molecule has 2 heterocycles. The van der Waals surface area contributed by atoms with Crippen LogP contribution in [0.5, 0.6) is 0 Å². The molecule has 0 aliphatic rings. The first-order chi connectivity index (χ1) is 8.43. The Balaban J connectivity index is 0.00000120. The Morgan fingerprint density at radius 2 is 1.72 bits per heavy atom. The first kappa shape index (κ1) is 12.9. The summed E-state index contributed by atoms with van der Waals surface area (Å²) in [6.07, 6.45) is 5.94. The Labute approximate surface area is 123 Å². The van der Waals surface area contributed by atoms with Gasteiger partial charge in [-0.2, -0.15) is 10.2 Å². The molecule has 4 heteroatoms. The van der Waals surface area contributed by atoms with Gasteiger partial charge in [0.15, 0.2) is 18.9 Å². The van der Waals surface area contributed by atoms with Crippen LogP contribution in [0.15, 0.2) is 61.1 Å². The maximum atomic E-state index is 4.12. The molecule has 1 aromatic carbocycles. The highest BCUT2D eigenvalue weighted by atomic mass is 127. The lowest BCUT2D eigenvalue weighted by Crippen LogP contribution is -3.00. The van der Waals surface area contributed by atoms with Crippen LogP contribution in [-0.4, -0.2) is 10.2 Å². The third kappa shape index (κ3) is 2.64. The van der Waals surface area contributed by atoms with Gasteiger partial charge in [-0.25, -0.2) is 4.57 Å². The van der Waals surface area contributed by atoms with Crippen molar-refractivity contribution in [2.45, 2.75) is 6.54 Å². The van der Waals surface area contributed by atoms with E-state index in [9.17, 15) is 0 Å². The summed E-state index contributed by atoms with van der Waals surface area (Å²) in [5, 5.41) is 9.34. The van der Waals surface area contributed by atoms with Gasteiger partial charge in [0.25, 0.3) is 0 Å². The summed E-state index contributed by atoms with van der Waals surface area (Å²) in [5.74, 6) is 0. The number of hydrogen-bond donors (Lipinski definition) is 0. The average Bonchev–Trinajstić information content (AvgIpc) is 2.40. The van der Waals surface area contributed by atoms with Gasteiger partial charge in [-0.3, -0.25) is 0 Å². The highest BCUT2D eigenvalue weighted by Crippen LogP contribution is 2.14. The minimum atomic E-state index is 0. The topological polar surface area (TPSA) is 29.7 Å². The van der Waals surface area contributed by atoms with Gasteiger partial charge < -0.3 is 24.0 Å². The van der Waals surface area contributed by atoms with Crippen LogP contribution in [0.25, 0.3) is 10.9 Å². The Bertz CT molecular complexity index is 635. The fourth-order valence-corrected chi connectivity index (χ4v) is 1.93. The number of hydrogen-bond acceptors (Lipinski definition) is 2. The van der Waals surface area contributed by atoms with Crippen LogP contribution in [0.3, 0.4) is 0 Å². The molecule has 0 atom stereocenters. The molecular weight excluding hydrogens is 337 g/mol. The molecule has 0 aliphatic heterocycles. The van der Waals surface area contributed by atoms with Crippen LogP contribution in [0.4, 0.5) is 0 Å². The van der Waals surface area contributed by atoms with Crippen molar-refractivity contribution >= 4 is 10.9 Å². The number of benzene rings is 1. The first-order valence-corrected chi connectivity index (χ1v) is 5.57. The third-order valence-corrected chi connectivity index (χ3v) is 2.76. The van der Waals surface area contributed by atoms with Crippen LogP contribution in [-0.2, 0) is 6.54 Å². The van der Waals surface area contributed by atoms with E-state index in [4.69, 9.17) is 0 Å². The number of fused-ring (bicyclic) bond motifs is 1. The predicted molar refractivity (Wildman–Crippen MR) is 65.3 cm³/mol. The van der Waals surface area contributed by atoms with Crippen LogP contribution in [0.2, 0.25) is 0 Å². The van der Waals surface area contributed by atoms with Gasteiger partial charge >= 0.3 is 0 Å². The van der Waals surface area contributed by atoms with E-state index in [1.807, 2.05) is 42.6 Å². The number of rotatable bonds is 2.